The molecule has 0 spiro atoms. The fourth-order valence-corrected chi connectivity index (χ4v) is 3.04. The molecule has 2 rings (SSSR count). The number of benzene rings is 1. The Labute approximate surface area is 150 Å². The van der Waals surface area contributed by atoms with Crippen LogP contribution in [0.2, 0.25) is 0 Å². The summed E-state index contributed by atoms with van der Waals surface area (Å²) in [4.78, 5) is 28.3. The zero-order valence-corrected chi connectivity index (χ0v) is 15.6. The van der Waals surface area contributed by atoms with Gasteiger partial charge in [0.25, 0.3) is 0 Å². The number of hydrogen-bond donors (Lipinski definition) is 1. The van der Waals surface area contributed by atoms with Gasteiger partial charge in [-0.1, -0.05) is 26.0 Å². The minimum absolute atomic E-state index is 0.0326. The molecule has 1 unspecified atom stereocenters. The maximum Gasteiger partial charge on any atom is 0.318 e. The van der Waals surface area contributed by atoms with Crippen LogP contribution < -0.4 is 10.1 Å². The highest BCUT2D eigenvalue weighted by atomic mass is 16.5. The average molecular weight is 347 g/mol. The van der Waals surface area contributed by atoms with Crippen molar-refractivity contribution in [3.63, 3.8) is 0 Å². The molecule has 0 aromatic heterocycles. The molecular weight excluding hydrogens is 318 g/mol. The molecule has 0 radical (unpaired) electrons. The van der Waals surface area contributed by atoms with Crippen molar-refractivity contribution in [1.29, 1.82) is 0 Å². The van der Waals surface area contributed by atoms with Crippen LogP contribution in [0.25, 0.3) is 0 Å². The third-order valence-electron chi connectivity index (χ3n) is 4.44. The van der Waals surface area contributed by atoms with Crippen molar-refractivity contribution >= 4 is 11.9 Å². The summed E-state index contributed by atoms with van der Waals surface area (Å²) in [6, 6.07) is 7.22. The summed E-state index contributed by atoms with van der Waals surface area (Å²) in [7, 11) is 1.64. The van der Waals surface area contributed by atoms with Crippen molar-refractivity contribution in [3.8, 4) is 5.75 Å². The number of carbonyl (C=O) groups is 2. The molecule has 3 amide bonds. The fourth-order valence-electron chi connectivity index (χ4n) is 3.04. The molecule has 6 nitrogen and oxygen atoms in total. The highest BCUT2D eigenvalue weighted by Crippen LogP contribution is 2.14. The Morgan fingerprint density at radius 2 is 1.96 bits per heavy atom. The normalized spacial score (nSPS) is 17.8. The van der Waals surface area contributed by atoms with Gasteiger partial charge in [-0.15, -0.1) is 0 Å². The number of nitrogens with one attached hydrogen (secondary N) is 1. The summed E-state index contributed by atoms with van der Waals surface area (Å²) in [5.74, 6) is 1.28. The van der Waals surface area contributed by atoms with Crippen LogP contribution in [-0.4, -0.2) is 61.1 Å². The second-order valence-corrected chi connectivity index (χ2v) is 6.88. The first-order valence-corrected chi connectivity index (χ1v) is 8.88. The van der Waals surface area contributed by atoms with E-state index in [1.165, 1.54) is 0 Å². The summed E-state index contributed by atoms with van der Waals surface area (Å²) in [5, 5.41) is 2.92. The van der Waals surface area contributed by atoms with Crippen molar-refractivity contribution in [2.45, 2.75) is 33.2 Å². The van der Waals surface area contributed by atoms with Crippen molar-refractivity contribution in [2.75, 3.05) is 33.3 Å². The molecular formula is C19H29N3O3. The predicted molar refractivity (Wildman–Crippen MR) is 97.7 cm³/mol. The minimum atomic E-state index is -0.409. The molecule has 0 aliphatic carbocycles. The van der Waals surface area contributed by atoms with E-state index in [2.05, 4.69) is 19.2 Å². The van der Waals surface area contributed by atoms with Gasteiger partial charge in [-0.3, -0.25) is 4.79 Å². The Morgan fingerprint density at radius 3 is 2.56 bits per heavy atom. The third kappa shape index (κ3) is 5.11. The van der Waals surface area contributed by atoms with Crippen LogP contribution in [0.4, 0.5) is 4.79 Å². The highest BCUT2D eigenvalue weighted by Gasteiger charge is 2.34. The number of hydrogen-bond acceptors (Lipinski definition) is 3. The number of methoxy groups -OCH3 is 1. The first-order chi connectivity index (χ1) is 11.9. The van der Waals surface area contributed by atoms with Crippen molar-refractivity contribution in [1.82, 2.24) is 15.1 Å². The summed E-state index contributed by atoms with van der Waals surface area (Å²) < 4.78 is 5.13. The second kappa shape index (κ2) is 8.74. The topological polar surface area (TPSA) is 61.9 Å². The smallest absolute Gasteiger partial charge is 0.318 e. The number of ether oxygens (including phenoxy) is 1. The van der Waals surface area contributed by atoms with Crippen molar-refractivity contribution in [3.05, 3.63) is 29.8 Å². The van der Waals surface area contributed by atoms with Gasteiger partial charge in [-0.2, -0.15) is 0 Å². The lowest BCUT2D eigenvalue weighted by molar-refractivity contribution is -0.139. The lowest BCUT2D eigenvalue weighted by Gasteiger charge is -2.39. The number of amides is 3. The third-order valence-corrected chi connectivity index (χ3v) is 4.44. The van der Waals surface area contributed by atoms with Gasteiger partial charge in [-0.05, 0) is 37.0 Å². The predicted octanol–water partition coefficient (Wildman–Crippen LogP) is 2.14. The minimum Gasteiger partial charge on any atom is -0.497 e. The molecule has 1 aliphatic heterocycles. The van der Waals surface area contributed by atoms with Crippen molar-refractivity contribution in [2.24, 2.45) is 5.92 Å². The SMILES string of the molecule is COc1ccc(CCNC(=O)N2CCN(CC(C)C)C(=O)C2C)cc1. The molecule has 1 aromatic carbocycles. The van der Waals surface area contributed by atoms with Gasteiger partial charge < -0.3 is 19.9 Å². The first kappa shape index (κ1) is 19.1. The van der Waals surface area contributed by atoms with E-state index in [0.717, 1.165) is 24.3 Å². The monoisotopic (exact) mass is 347 g/mol. The molecule has 25 heavy (non-hydrogen) atoms. The Hall–Kier alpha value is -2.24. The van der Waals surface area contributed by atoms with Crippen LogP contribution in [0.3, 0.4) is 0 Å². The van der Waals surface area contributed by atoms with E-state index in [9.17, 15) is 9.59 Å². The maximum absolute atomic E-state index is 12.4. The molecule has 1 heterocycles. The van der Waals surface area contributed by atoms with E-state index in [4.69, 9.17) is 4.74 Å². The standard InChI is InChI=1S/C19H29N3O3/c1-14(2)13-21-11-12-22(15(3)18(21)23)19(24)20-10-9-16-5-7-17(25-4)8-6-16/h5-8,14-15H,9-13H2,1-4H3,(H,20,24). The Morgan fingerprint density at radius 1 is 1.28 bits per heavy atom. The van der Waals surface area contributed by atoms with E-state index in [1.54, 1.807) is 18.9 Å². The molecule has 6 heteroatoms. The van der Waals surface area contributed by atoms with Gasteiger partial charge in [-0.25, -0.2) is 4.79 Å². The van der Waals surface area contributed by atoms with Gasteiger partial charge in [0.1, 0.15) is 11.8 Å². The number of piperazine rings is 1. The maximum atomic E-state index is 12.4. The highest BCUT2D eigenvalue weighted by molar-refractivity contribution is 5.88. The summed E-state index contributed by atoms with van der Waals surface area (Å²) in [5.41, 5.74) is 1.13. The molecule has 1 N–H and O–H groups in total. The van der Waals surface area contributed by atoms with Gasteiger partial charge in [0.15, 0.2) is 0 Å². The summed E-state index contributed by atoms with van der Waals surface area (Å²) in [6.45, 7) is 8.46. The van der Waals surface area contributed by atoms with Crippen molar-refractivity contribution < 1.29 is 14.3 Å². The van der Waals surface area contributed by atoms with Crippen LogP contribution >= 0.6 is 0 Å². The zero-order chi connectivity index (χ0) is 18.4. The van der Waals surface area contributed by atoms with Gasteiger partial charge in [0, 0.05) is 26.2 Å². The summed E-state index contributed by atoms with van der Waals surface area (Å²) in [6.07, 6.45) is 0.741. The lowest BCUT2D eigenvalue weighted by atomic mass is 10.1. The number of nitrogens with zero attached hydrogens (tertiary/aromatic N) is 2. The Balaban J connectivity index is 1.81. The number of carbonyl (C=O) groups excluding carboxylic acids is 2. The Kier molecular flexibility index (Phi) is 6.67. The van der Waals surface area contributed by atoms with Crippen LogP contribution in [-0.2, 0) is 11.2 Å². The van der Waals surface area contributed by atoms with Crippen LogP contribution in [0.15, 0.2) is 24.3 Å². The second-order valence-electron chi connectivity index (χ2n) is 6.88. The van der Waals surface area contributed by atoms with E-state index in [0.29, 0.717) is 25.6 Å². The summed E-state index contributed by atoms with van der Waals surface area (Å²) >= 11 is 0. The van der Waals surface area contributed by atoms with Gasteiger partial charge in [0.2, 0.25) is 5.91 Å². The van der Waals surface area contributed by atoms with E-state index < -0.39 is 6.04 Å². The van der Waals surface area contributed by atoms with E-state index in [-0.39, 0.29) is 11.9 Å². The molecule has 1 aromatic rings. The molecule has 1 fully saturated rings. The molecule has 1 atom stereocenters. The van der Waals surface area contributed by atoms with Crippen LogP contribution in [0.1, 0.15) is 26.3 Å². The van der Waals surface area contributed by atoms with Crippen LogP contribution in [0, 0.1) is 5.92 Å². The number of urea groups is 1. The van der Waals surface area contributed by atoms with Gasteiger partial charge >= 0.3 is 6.03 Å². The van der Waals surface area contributed by atoms with E-state index >= 15 is 0 Å². The fraction of sp³-hybridized carbons (Fsp3) is 0.579. The molecule has 0 bridgehead atoms. The molecule has 1 saturated heterocycles. The zero-order valence-electron chi connectivity index (χ0n) is 15.6. The van der Waals surface area contributed by atoms with E-state index in [1.807, 2.05) is 29.2 Å². The first-order valence-electron chi connectivity index (χ1n) is 8.88. The largest absolute Gasteiger partial charge is 0.497 e. The van der Waals surface area contributed by atoms with Gasteiger partial charge in [0.05, 0.1) is 7.11 Å². The molecule has 1 aliphatic rings. The quantitative estimate of drug-likeness (QED) is 0.857. The van der Waals surface area contributed by atoms with Crippen LogP contribution in [0.5, 0.6) is 5.75 Å². The number of rotatable bonds is 6. The Bertz CT molecular complexity index is 586. The molecule has 138 valence electrons. The lowest BCUT2D eigenvalue weighted by Crippen LogP contribution is -2.60. The molecule has 0 saturated carbocycles. The average Bonchev–Trinajstić information content (AvgIpc) is 2.59.